The Labute approximate surface area is 398 Å². The Balaban J connectivity index is 0.981. The van der Waals surface area contributed by atoms with Crippen LogP contribution in [0.2, 0.25) is 0 Å². The molecule has 324 valence electrons. The van der Waals surface area contributed by atoms with Crippen molar-refractivity contribution in [3.05, 3.63) is 228 Å². The first kappa shape index (κ1) is 39.4. The molecule has 3 aliphatic rings. The first-order valence-corrected chi connectivity index (χ1v) is 24.2. The summed E-state index contributed by atoms with van der Waals surface area (Å²) in [6.45, 7) is 14.2. The average molecular weight is 871 g/mol. The number of fused-ring (bicyclic) bond motifs is 12. The lowest BCUT2D eigenvalue weighted by Gasteiger charge is -2.23. The molecule has 0 radical (unpaired) electrons. The number of furan rings is 1. The van der Waals surface area contributed by atoms with Gasteiger partial charge in [-0.3, -0.25) is 0 Å². The highest BCUT2D eigenvalue weighted by Gasteiger charge is 2.39. The van der Waals surface area contributed by atoms with E-state index < -0.39 is 0 Å². The van der Waals surface area contributed by atoms with Gasteiger partial charge >= 0.3 is 0 Å². The Morgan fingerprint density at radius 1 is 0.265 bits per heavy atom. The van der Waals surface area contributed by atoms with Crippen molar-refractivity contribution >= 4 is 32.5 Å². The van der Waals surface area contributed by atoms with Gasteiger partial charge in [0, 0.05) is 32.8 Å². The summed E-state index contributed by atoms with van der Waals surface area (Å²) in [7, 11) is 0. The van der Waals surface area contributed by atoms with Gasteiger partial charge in [-0.15, -0.1) is 0 Å². The molecular weight excluding hydrogens is 821 g/mol. The third-order valence-electron chi connectivity index (χ3n) is 16.5. The lowest BCUT2D eigenvalue weighted by atomic mass is 9.80. The van der Waals surface area contributed by atoms with Crippen LogP contribution in [0.3, 0.4) is 0 Å². The molecule has 0 unspecified atom stereocenters. The van der Waals surface area contributed by atoms with Crippen molar-refractivity contribution in [2.45, 2.75) is 57.8 Å². The monoisotopic (exact) mass is 870 g/mol. The smallest absolute Gasteiger partial charge is 0.143 e. The van der Waals surface area contributed by atoms with E-state index in [1.54, 1.807) is 0 Å². The highest BCUT2D eigenvalue weighted by Crippen LogP contribution is 2.55. The molecule has 0 N–H and O–H groups in total. The largest absolute Gasteiger partial charge is 0.455 e. The van der Waals surface area contributed by atoms with Crippen LogP contribution in [0.15, 0.2) is 199 Å². The van der Waals surface area contributed by atoms with Gasteiger partial charge < -0.3 is 4.42 Å². The predicted octanol–water partition coefficient (Wildman–Crippen LogP) is 18.3. The molecule has 1 aromatic heterocycles. The maximum atomic E-state index is 7.35. The maximum Gasteiger partial charge on any atom is 0.143 e. The van der Waals surface area contributed by atoms with Crippen LogP contribution < -0.4 is 0 Å². The zero-order chi connectivity index (χ0) is 45.8. The van der Waals surface area contributed by atoms with Crippen LogP contribution in [0.25, 0.3) is 111 Å². The van der Waals surface area contributed by atoms with Crippen molar-refractivity contribution in [2.75, 3.05) is 0 Å². The minimum absolute atomic E-state index is 0.0916. The number of hydrogen-bond acceptors (Lipinski definition) is 1. The standard InChI is InChI=1S/C67H50O/c1-65(2)54-24-14-11-17-43(54)46-31-27-39(35-57(46)65)61-49-20-7-9-22-51(49)62(52-23-10-8-21-50(52)61)41-29-34-53-60(38-41)68-64(42-30-33-48-45-19-13-16-26-56(45)67(5,6)59(48)37-42)63(53)40-28-32-47-44-18-12-15-25-55(44)66(3,4)58(47)36-40/h7-38H,1-6H3. The molecule has 0 amide bonds. The van der Waals surface area contributed by atoms with E-state index in [4.69, 9.17) is 4.42 Å². The summed E-state index contributed by atoms with van der Waals surface area (Å²) in [6.07, 6.45) is 0. The molecule has 3 aliphatic carbocycles. The molecule has 1 heterocycles. The summed E-state index contributed by atoms with van der Waals surface area (Å²) >= 11 is 0. The van der Waals surface area contributed by atoms with Gasteiger partial charge in [0.2, 0.25) is 0 Å². The van der Waals surface area contributed by atoms with Crippen LogP contribution in [0.5, 0.6) is 0 Å². The Bertz CT molecular complexity index is 3940. The van der Waals surface area contributed by atoms with Crippen LogP contribution in [-0.2, 0) is 16.2 Å². The van der Waals surface area contributed by atoms with Crippen molar-refractivity contribution in [1.82, 2.24) is 0 Å². The molecule has 0 saturated carbocycles. The van der Waals surface area contributed by atoms with E-state index in [-0.39, 0.29) is 16.2 Å². The fourth-order valence-electron chi connectivity index (χ4n) is 13.1. The average Bonchev–Trinajstić information content (AvgIpc) is 4.01. The van der Waals surface area contributed by atoms with E-state index in [0.29, 0.717) is 0 Å². The van der Waals surface area contributed by atoms with Crippen LogP contribution in [-0.4, -0.2) is 0 Å². The predicted molar refractivity (Wildman–Crippen MR) is 286 cm³/mol. The molecule has 11 aromatic rings. The quantitative estimate of drug-likeness (QED) is 0.161. The molecule has 0 aliphatic heterocycles. The Kier molecular flexibility index (Phi) is 7.93. The second-order valence-electron chi connectivity index (χ2n) is 21.2. The molecule has 14 rings (SSSR count). The fraction of sp³-hybridized carbons (Fsp3) is 0.134. The normalized spacial score (nSPS) is 15.3. The molecule has 10 aromatic carbocycles. The third kappa shape index (κ3) is 5.22. The first-order chi connectivity index (χ1) is 33.0. The summed E-state index contributed by atoms with van der Waals surface area (Å²) in [4.78, 5) is 0. The summed E-state index contributed by atoms with van der Waals surface area (Å²) in [5.74, 6) is 0.909. The van der Waals surface area contributed by atoms with E-state index in [0.717, 1.165) is 33.4 Å². The molecule has 68 heavy (non-hydrogen) atoms. The molecule has 0 spiro atoms. The highest BCUT2D eigenvalue weighted by atomic mass is 16.3. The van der Waals surface area contributed by atoms with Gasteiger partial charge in [-0.1, -0.05) is 205 Å². The minimum Gasteiger partial charge on any atom is -0.455 e. The van der Waals surface area contributed by atoms with E-state index in [1.165, 1.54) is 111 Å². The summed E-state index contributed by atoms with van der Waals surface area (Å²) in [6, 6.07) is 73.0. The molecule has 0 fully saturated rings. The lowest BCUT2D eigenvalue weighted by molar-refractivity contribution is 0.630. The van der Waals surface area contributed by atoms with Crippen molar-refractivity contribution in [2.24, 2.45) is 0 Å². The summed E-state index contributed by atoms with van der Waals surface area (Å²) in [5, 5.41) is 6.08. The zero-order valence-corrected chi connectivity index (χ0v) is 39.4. The van der Waals surface area contributed by atoms with Crippen molar-refractivity contribution in [3.8, 4) is 78.1 Å². The van der Waals surface area contributed by atoms with Crippen molar-refractivity contribution in [3.63, 3.8) is 0 Å². The Morgan fingerprint density at radius 2 is 0.588 bits per heavy atom. The SMILES string of the molecule is CC1(C)c2ccccc2-c2ccc(-c3oc4cc(-c5c6ccccc6c(-c6ccc7c(c6)C(C)(C)c6ccccc6-7)c6ccccc56)ccc4c3-c3ccc4c(c3)C(C)(C)c3ccccc3-4)cc21. The van der Waals surface area contributed by atoms with E-state index in [2.05, 4.69) is 236 Å². The number of benzene rings is 10. The number of rotatable bonds is 4. The fourth-order valence-corrected chi connectivity index (χ4v) is 13.1. The van der Waals surface area contributed by atoms with Gasteiger partial charge in [0.05, 0.1) is 0 Å². The van der Waals surface area contributed by atoms with Gasteiger partial charge in [-0.05, 0) is 146 Å². The molecule has 0 atom stereocenters. The molecule has 0 bridgehead atoms. The Hall–Kier alpha value is -7.74. The molecule has 0 saturated heterocycles. The van der Waals surface area contributed by atoms with Crippen LogP contribution in [0, 0.1) is 0 Å². The molecule has 1 heteroatoms. The van der Waals surface area contributed by atoms with Gasteiger partial charge in [0.15, 0.2) is 0 Å². The van der Waals surface area contributed by atoms with E-state index in [9.17, 15) is 0 Å². The summed E-state index contributed by atoms with van der Waals surface area (Å²) < 4.78 is 7.35. The van der Waals surface area contributed by atoms with Gasteiger partial charge in [0.1, 0.15) is 11.3 Å². The first-order valence-electron chi connectivity index (χ1n) is 24.2. The summed E-state index contributed by atoms with van der Waals surface area (Å²) in [5.41, 5.74) is 25.0. The minimum atomic E-state index is -0.139. The van der Waals surface area contributed by atoms with Crippen molar-refractivity contribution < 1.29 is 4.42 Å². The second-order valence-corrected chi connectivity index (χ2v) is 21.2. The van der Waals surface area contributed by atoms with E-state index >= 15 is 0 Å². The van der Waals surface area contributed by atoms with Crippen molar-refractivity contribution in [1.29, 1.82) is 0 Å². The molecular formula is C67H50O. The topological polar surface area (TPSA) is 13.1 Å². The van der Waals surface area contributed by atoms with Gasteiger partial charge in [0.25, 0.3) is 0 Å². The third-order valence-corrected chi connectivity index (χ3v) is 16.5. The zero-order valence-electron chi connectivity index (χ0n) is 39.4. The van der Waals surface area contributed by atoms with Gasteiger partial charge in [-0.2, -0.15) is 0 Å². The Morgan fingerprint density at radius 3 is 1.03 bits per heavy atom. The number of hydrogen-bond donors (Lipinski definition) is 0. The highest BCUT2D eigenvalue weighted by molar-refractivity contribution is 6.22. The van der Waals surface area contributed by atoms with Crippen LogP contribution in [0.1, 0.15) is 74.9 Å². The maximum absolute atomic E-state index is 7.35. The second kappa shape index (κ2) is 13.7. The van der Waals surface area contributed by atoms with Crippen LogP contribution >= 0.6 is 0 Å². The van der Waals surface area contributed by atoms with Gasteiger partial charge in [-0.25, -0.2) is 0 Å². The lowest BCUT2D eigenvalue weighted by Crippen LogP contribution is -2.15. The van der Waals surface area contributed by atoms with E-state index in [1.807, 2.05) is 0 Å². The van der Waals surface area contributed by atoms with Crippen LogP contribution in [0.4, 0.5) is 0 Å². The molecule has 1 nitrogen and oxygen atoms in total.